The fraction of sp³-hybridized carbons (Fsp3) is 0.750. The smallest absolute Gasteiger partial charge is 0.240 e. The molecule has 6 heteroatoms. The number of hydrogen-bond acceptors (Lipinski definition) is 5. The topological polar surface area (TPSA) is 82.8 Å². The quantitative estimate of drug-likeness (QED) is 0.689. The first-order chi connectivity index (χ1) is 6.77. The molecule has 0 radical (unpaired) electrons. The molecular weight excluding hydrogens is 198 g/mol. The van der Waals surface area contributed by atoms with Gasteiger partial charge in [-0.05, 0) is 30.3 Å². The lowest BCUT2D eigenvalue weighted by atomic mass is 9.99. The van der Waals surface area contributed by atoms with Gasteiger partial charge in [0, 0.05) is 6.42 Å². The summed E-state index contributed by atoms with van der Waals surface area (Å²) >= 11 is 2.02. The van der Waals surface area contributed by atoms with E-state index in [9.17, 15) is 0 Å². The normalized spacial score (nSPS) is 18.6. The van der Waals surface area contributed by atoms with Crippen molar-refractivity contribution in [2.45, 2.75) is 19.3 Å². The molecule has 1 fully saturated rings. The van der Waals surface area contributed by atoms with Gasteiger partial charge in [-0.15, -0.1) is 10.2 Å². The molecule has 2 heterocycles. The third-order valence-electron chi connectivity index (χ3n) is 2.60. The Morgan fingerprint density at radius 2 is 2.07 bits per heavy atom. The Morgan fingerprint density at radius 1 is 1.36 bits per heavy atom. The summed E-state index contributed by atoms with van der Waals surface area (Å²) in [5, 5.41) is 7.71. The van der Waals surface area contributed by atoms with Crippen molar-refractivity contribution in [3.63, 3.8) is 0 Å². The van der Waals surface area contributed by atoms with Crippen LogP contribution in [0.2, 0.25) is 0 Å². The monoisotopic (exact) mass is 213 g/mol. The van der Waals surface area contributed by atoms with E-state index in [2.05, 4.69) is 10.2 Å². The molecule has 78 valence electrons. The van der Waals surface area contributed by atoms with E-state index in [4.69, 9.17) is 11.6 Å². The van der Waals surface area contributed by atoms with E-state index in [1.54, 1.807) is 0 Å². The zero-order valence-corrected chi connectivity index (χ0v) is 8.83. The highest BCUT2D eigenvalue weighted by Gasteiger charge is 2.17. The zero-order chi connectivity index (χ0) is 9.97. The predicted molar refractivity (Wildman–Crippen MR) is 58.3 cm³/mol. The number of rotatable bonds is 2. The SMILES string of the molecule is Nc1nnc(CC2CCSCC2)n1N. The molecule has 1 aliphatic heterocycles. The van der Waals surface area contributed by atoms with Crippen LogP contribution in [0.4, 0.5) is 5.95 Å². The van der Waals surface area contributed by atoms with E-state index in [1.165, 1.54) is 29.0 Å². The Kier molecular flexibility index (Phi) is 2.81. The second kappa shape index (κ2) is 4.08. The number of nitrogens with zero attached hydrogens (tertiary/aromatic N) is 3. The van der Waals surface area contributed by atoms with Gasteiger partial charge in [-0.3, -0.25) is 0 Å². The van der Waals surface area contributed by atoms with E-state index in [1.807, 2.05) is 11.8 Å². The van der Waals surface area contributed by atoms with E-state index >= 15 is 0 Å². The zero-order valence-electron chi connectivity index (χ0n) is 8.02. The van der Waals surface area contributed by atoms with E-state index in [0.717, 1.165) is 12.2 Å². The summed E-state index contributed by atoms with van der Waals surface area (Å²) in [7, 11) is 0. The van der Waals surface area contributed by atoms with Crippen LogP contribution in [0.5, 0.6) is 0 Å². The fourth-order valence-electron chi connectivity index (χ4n) is 1.69. The lowest BCUT2D eigenvalue weighted by Gasteiger charge is -2.20. The van der Waals surface area contributed by atoms with E-state index < -0.39 is 0 Å². The number of thioether (sulfide) groups is 1. The summed E-state index contributed by atoms with van der Waals surface area (Å²) in [6.07, 6.45) is 3.40. The molecule has 1 saturated heterocycles. The first-order valence-corrected chi connectivity index (χ1v) is 5.95. The number of hydrogen-bond donors (Lipinski definition) is 2. The summed E-state index contributed by atoms with van der Waals surface area (Å²) in [6.45, 7) is 0. The molecule has 1 aliphatic rings. The van der Waals surface area contributed by atoms with E-state index in [0.29, 0.717) is 11.9 Å². The van der Waals surface area contributed by atoms with Crippen molar-refractivity contribution < 1.29 is 0 Å². The first-order valence-electron chi connectivity index (χ1n) is 4.80. The summed E-state index contributed by atoms with van der Waals surface area (Å²) in [5.74, 6) is 9.98. The van der Waals surface area contributed by atoms with Gasteiger partial charge in [-0.2, -0.15) is 11.8 Å². The number of nitrogens with two attached hydrogens (primary N) is 2. The third-order valence-corrected chi connectivity index (χ3v) is 3.65. The second-order valence-electron chi connectivity index (χ2n) is 3.60. The number of aromatic nitrogens is 3. The van der Waals surface area contributed by atoms with Crippen molar-refractivity contribution in [2.75, 3.05) is 23.1 Å². The molecule has 0 saturated carbocycles. The van der Waals surface area contributed by atoms with Gasteiger partial charge in [0.1, 0.15) is 0 Å². The molecule has 0 spiro atoms. The number of anilines is 1. The summed E-state index contributed by atoms with van der Waals surface area (Å²) < 4.78 is 1.39. The first kappa shape index (κ1) is 9.64. The van der Waals surface area contributed by atoms with Crippen molar-refractivity contribution in [1.82, 2.24) is 14.9 Å². The van der Waals surface area contributed by atoms with Crippen LogP contribution in [0, 0.1) is 5.92 Å². The van der Waals surface area contributed by atoms with Crippen LogP contribution in [0.25, 0.3) is 0 Å². The van der Waals surface area contributed by atoms with Gasteiger partial charge >= 0.3 is 0 Å². The van der Waals surface area contributed by atoms with Crippen molar-refractivity contribution in [3.05, 3.63) is 5.82 Å². The minimum absolute atomic E-state index is 0.296. The molecule has 1 aromatic rings. The average molecular weight is 213 g/mol. The Balaban J connectivity index is 1.99. The fourth-order valence-corrected chi connectivity index (χ4v) is 2.89. The minimum atomic E-state index is 0.296. The van der Waals surface area contributed by atoms with Crippen LogP contribution >= 0.6 is 11.8 Å². The highest BCUT2D eigenvalue weighted by Crippen LogP contribution is 2.25. The van der Waals surface area contributed by atoms with Gasteiger partial charge in [0.2, 0.25) is 5.95 Å². The average Bonchev–Trinajstić information content (AvgIpc) is 2.52. The predicted octanol–water partition coefficient (Wildman–Crippen LogP) is 0.260. The molecular formula is C8H15N5S. The van der Waals surface area contributed by atoms with Crippen molar-refractivity contribution in [3.8, 4) is 0 Å². The molecule has 14 heavy (non-hydrogen) atoms. The molecule has 0 aliphatic carbocycles. The summed E-state index contributed by atoms with van der Waals surface area (Å²) in [4.78, 5) is 0. The van der Waals surface area contributed by atoms with Gasteiger partial charge in [0.25, 0.3) is 0 Å². The van der Waals surface area contributed by atoms with Gasteiger partial charge in [0.05, 0.1) is 0 Å². The largest absolute Gasteiger partial charge is 0.366 e. The van der Waals surface area contributed by atoms with Gasteiger partial charge in [-0.25, -0.2) is 4.68 Å². The third kappa shape index (κ3) is 1.95. The minimum Gasteiger partial charge on any atom is -0.366 e. The Bertz CT molecular complexity index is 305. The molecule has 0 bridgehead atoms. The van der Waals surface area contributed by atoms with Gasteiger partial charge in [-0.1, -0.05) is 0 Å². The van der Waals surface area contributed by atoms with Crippen LogP contribution in [-0.2, 0) is 6.42 Å². The summed E-state index contributed by atoms with van der Waals surface area (Å²) in [6, 6.07) is 0. The van der Waals surface area contributed by atoms with Gasteiger partial charge in [0.15, 0.2) is 5.82 Å². The van der Waals surface area contributed by atoms with Crippen LogP contribution < -0.4 is 11.6 Å². The molecule has 0 atom stereocenters. The summed E-state index contributed by atoms with van der Waals surface area (Å²) in [5.41, 5.74) is 5.51. The highest BCUT2D eigenvalue weighted by atomic mass is 32.2. The van der Waals surface area contributed by atoms with Crippen LogP contribution in [0.15, 0.2) is 0 Å². The molecule has 0 aromatic carbocycles. The van der Waals surface area contributed by atoms with Gasteiger partial charge < -0.3 is 11.6 Å². The molecule has 0 amide bonds. The van der Waals surface area contributed by atoms with Crippen LogP contribution in [0.1, 0.15) is 18.7 Å². The maximum absolute atomic E-state index is 5.68. The molecule has 0 unspecified atom stereocenters. The maximum atomic E-state index is 5.68. The van der Waals surface area contributed by atoms with Crippen molar-refractivity contribution >= 4 is 17.7 Å². The number of nitrogen functional groups attached to an aromatic ring is 2. The standard InChI is InChI=1S/C8H15N5S/c9-8-12-11-7(13(8)10)5-6-1-3-14-4-2-6/h6H,1-5,10H2,(H2,9,12). The lowest BCUT2D eigenvalue weighted by Crippen LogP contribution is -2.20. The Labute approximate surface area is 87.2 Å². The van der Waals surface area contributed by atoms with Crippen molar-refractivity contribution in [2.24, 2.45) is 5.92 Å². The van der Waals surface area contributed by atoms with Crippen molar-refractivity contribution in [1.29, 1.82) is 0 Å². The molecule has 1 aromatic heterocycles. The maximum Gasteiger partial charge on any atom is 0.240 e. The molecule has 4 N–H and O–H groups in total. The molecule has 2 rings (SSSR count). The van der Waals surface area contributed by atoms with E-state index in [-0.39, 0.29) is 0 Å². The second-order valence-corrected chi connectivity index (χ2v) is 4.83. The highest BCUT2D eigenvalue weighted by molar-refractivity contribution is 7.99. The Hall–Kier alpha value is -0.910. The van der Waals surface area contributed by atoms with Crippen LogP contribution in [-0.4, -0.2) is 26.4 Å². The van der Waals surface area contributed by atoms with Crippen LogP contribution in [0.3, 0.4) is 0 Å². The Morgan fingerprint density at radius 3 is 2.64 bits per heavy atom. The molecule has 5 nitrogen and oxygen atoms in total. The lowest BCUT2D eigenvalue weighted by molar-refractivity contribution is 0.471.